The summed E-state index contributed by atoms with van der Waals surface area (Å²) in [6.45, 7) is 8.22. The highest BCUT2D eigenvalue weighted by molar-refractivity contribution is 5.76. The average Bonchev–Trinajstić information content (AvgIpc) is 2.99. The monoisotopic (exact) mass is 353 g/mol. The van der Waals surface area contributed by atoms with Crippen molar-refractivity contribution < 1.29 is 9.32 Å². The van der Waals surface area contributed by atoms with E-state index >= 15 is 0 Å². The Morgan fingerprint density at radius 1 is 1.15 bits per heavy atom. The number of benzene rings is 1. The van der Waals surface area contributed by atoms with Crippen molar-refractivity contribution in [1.29, 1.82) is 0 Å². The van der Waals surface area contributed by atoms with Gasteiger partial charge < -0.3 is 9.42 Å². The molecule has 2 aromatic rings. The number of amides is 1. The van der Waals surface area contributed by atoms with Crippen molar-refractivity contribution in [2.75, 3.05) is 32.7 Å². The molecule has 3 rings (SSSR count). The van der Waals surface area contributed by atoms with Crippen molar-refractivity contribution in [3.8, 4) is 0 Å². The van der Waals surface area contributed by atoms with E-state index in [-0.39, 0.29) is 5.91 Å². The van der Waals surface area contributed by atoms with Gasteiger partial charge in [0.25, 0.3) is 0 Å². The van der Waals surface area contributed by atoms with Gasteiger partial charge in [-0.15, -0.1) is 0 Å². The zero-order chi connectivity index (χ0) is 18.4. The molecule has 1 aliphatic rings. The average molecular weight is 353 g/mol. The molecule has 0 saturated carbocycles. The smallest absolute Gasteiger partial charge is 0.222 e. The molecule has 1 aromatic carbocycles. The van der Waals surface area contributed by atoms with Crippen molar-refractivity contribution in [2.45, 2.75) is 26.7 Å². The summed E-state index contributed by atoms with van der Waals surface area (Å²) in [7, 11) is 0. The fourth-order valence-electron chi connectivity index (χ4n) is 3.33. The molecule has 0 atom stereocenters. The molecule has 5 nitrogen and oxygen atoms in total. The molecule has 26 heavy (non-hydrogen) atoms. The minimum absolute atomic E-state index is 0.226. The summed E-state index contributed by atoms with van der Waals surface area (Å²) in [4.78, 5) is 16.8. The molecule has 1 aromatic heterocycles. The molecule has 1 fully saturated rings. The number of piperazine rings is 1. The standard InChI is InChI=1S/C21H27N3O2/c1-17-20(18(2)26-22-17)10-11-21(25)24-15-13-23(14-16-24)12-6-9-19-7-4-3-5-8-19/h3-9H,10-16H2,1-2H3. The Balaban J connectivity index is 1.40. The van der Waals surface area contributed by atoms with Gasteiger partial charge in [-0.05, 0) is 25.8 Å². The zero-order valence-corrected chi connectivity index (χ0v) is 15.6. The number of aryl methyl sites for hydroxylation is 2. The summed E-state index contributed by atoms with van der Waals surface area (Å²) in [5.74, 6) is 1.05. The Morgan fingerprint density at radius 2 is 1.88 bits per heavy atom. The van der Waals surface area contributed by atoms with Crippen LogP contribution in [0.1, 0.15) is 29.0 Å². The van der Waals surface area contributed by atoms with Gasteiger partial charge in [-0.3, -0.25) is 9.69 Å². The first-order chi connectivity index (χ1) is 12.6. The van der Waals surface area contributed by atoms with E-state index in [1.807, 2.05) is 36.9 Å². The number of rotatable bonds is 6. The molecule has 0 bridgehead atoms. The number of carbonyl (C=O) groups excluding carboxylic acids is 1. The predicted molar refractivity (Wildman–Crippen MR) is 103 cm³/mol. The molecular formula is C21H27N3O2. The summed E-state index contributed by atoms with van der Waals surface area (Å²) in [5, 5.41) is 3.95. The van der Waals surface area contributed by atoms with Gasteiger partial charge in [0.05, 0.1) is 5.69 Å². The van der Waals surface area contributed by atoms with E-state index in [1.54, 1.807) is 0 Å². The lowest BCUT2D eigenvalue weighted by Gasteiger charge is -2.34. The van der Waals surface area contributed by atoms with Gasteiger partial charge in [0.15, 0.2) is 0 Å². The van der Waals surface area contributed by atoms with E-state index < -0.39 is 0 Å². The fraction of sp³-hybridized carbons (Fsp3) is 0.429. The van der Waals surface area contributed by atoms with Crippen LogP contribution in [-0.2, 0) is 11.2 Å². The van der Waals surface area contributed by atoms with Gasteiger partial charge in [0, 0.05) is 44.7 Å². The molecule has 0 aliphatic carbocycles. The zero-order valence-electron chi connectivity index (χ0n) is 15.6. The maximum absolute atomic E-state index is 12.5. The predicted octanol–water partition coefficient (Wildman–Crippen LogP) is 3.08. The largest absolute Gasteiger partial charge is 0.361 e. The Kier molecular flexibility index (Phi) is 6.23. The molecule has 5 heteroatoms. The molecule has 0 spiro atoms. The van der Waals surface area contributed by atoms with Crippen LogP contribution in [0.4, 0.5) is 0 Å². The first-order valence-corrected chi connectivity index (χ1v) is 9.27. The summed E-state index contributed by atoms with van der Waals surface area (Å²) in [5.41, 5.74) is 3.19. The number of aromatic nitrogens is 1. The lowest BCUT2D eigenvalue weighted by Crippen LogP contribution is -2.48. The van der Waals surface area contributed by atoms with Gasteiger partial charge >= 0.3 is 0 Å². The summed E-state index contributed by atoms with van der Waals surface area (Å²) in [6.07, 6.45) is 5.59. The summed E-state index contributed by atoms with van der Waals surface area (Å²) < 4.78 is 5.17. The molecule has 138 valence electrons. The SMILES string of the molecule is Cc1noc(C)c1CCC(=O)N1CCN(CC=Cc2ccccc2)CC1. The Hall–Kier alpha value is -2.40. The van der Waals surface area contributed by atoms with Crippen LogP contribution in [0.3, 0.4) is 0 Å². The Bertz CT molecular complexity index is 724. The second kappa shape index (κ2) is 8.81. The third kappa shape index (κ3) is 4.82. The Labute approximate surface area is 155 Å². The molecule has 2 heterocycles. The topological polar surface area (TPSA) is 49.6 Å². The van der Waals surface area contributed by atoms with Gasteiger partial charge in [-0.1, -0.05) is 47.6 Å². The molecule has 0 N–H and O–H groups in total. The fourth-order valence-corrected chi connectivity index (χ4v) is 3.33. The van der Waals surface area contributed by atoms with Crippen LogP contribution >= 0.6 is 0 Å². The van der Waals surface area contributed by atoms with Gasteiger partial charge in [0.2, 0.25) is 5.91 Å². The van der Waals surface area contributed by atoms with E-state index in [4.69, 9.17) is 4.52 Å². The van der Waals surface area contributed by atoms with Crippen molar-refractivity contribution in [1.82, 2.24) is 15.0 Å². The van der Waals surface area contributed by atoms with E-state index in [1.165, 1.54) is 5.56 Å². The second-order valence-electron chi connectivity index (χ2n) is 6.80. The minimum atomic E-state index is 0.226. The number of hydrogen-bond donors (Lipinski definition) is 0. The van der Waals surface area contributed by atoms with E-state index in [9.17, 15) is 4.79 Å². The van der Waals surface area contributed by atoms with Gasteiger partial charge in [-0.25, -0.2) is 0 Å². The first-order valence-electron chi connectivity index (χ1n) is 9.27. The normalized spacial score (nSPS) is 15.7. The quantitative estimate of drug-likeness (QED) is 0.801. The lowest BCUT2D eigenvalue weighted by atomic mass is 10.1. The van der Waals surface area contributed by atoms with Crippen molar-refractivity contribution >= 4 is 12.0 Å². The molecular weight excluding hydrogens is 326 g/mol. The van der Waals surface area contributed by atoms with Crippen LogP contribution in [0.25, 0.3) is 6.08 Å². The van der Waals surface area contributed by atoms with Gasteiger partial charge in [-0.2, -0.15) is 0 Å². The van der Waals surface area contributed by atoms with Crippen LogP contribution in [0.2, 0.25) is 0 Å². The van der Waals surface area contributed by atoms with Crippen LogP contribution in [-0.4, -0.2) is 53.6 Å². The van der Waals surface area contributed by atoms with E-state index in [2.05, 4.69) is 34.3 Å². The minimum Gasteiger partial charge on any atom is -0.361 e. The number of nitrogens with zero attached hydrogens (tertiary/aromatic N) is 3. The van der Waals surface area contributed by atoms with Crippen molar-refractivity contribution in [3.05, 3.63) is 59.0 Å². The highest BCUT2D eigenvalue weighted by Gasteiger charge is 2.21. The summed E-state index contributed by atoms with van der Waals surface area (Å²) in [6, 6.07) is 10.3. The van der Waals surface area contributed by atoms with E-state index in [0.717, 1.165) is 49.7 Å². The number of hydrogen-bond acceptors (Lipinski definition) is 4. The highest BCUT2D eigenvalue weighted by atomic mass is 16.5. The highest BCUT2D eigenvalue weighted by Crippen LogP contribution is 2.15. The molecule has 1 saturated heterocycles. The molecule has 1 amide bonds. The van der Waals surface area contributed by atoms with Crippen LogP contribution in [0.5, 0.6) is 0 Å². The third-order valence-corrected chi connectivity index (χ3v) is 4.97. The Morgan fingerprint density at radius 3 is 2.54 bits per heavy atom. The van der Waals surface area contributed by atoms with Crippen molar-refractivity contribution in [2.24, 2.45) is 0 Å². The van der Waals surface area contributed by atoms with Crippen LogP contribution < -0.4 is 0 Å². The maximum Gasteiger partial charge on any atom is 0.222 e. The molecule has 0 radical (unpaired) electrons. The van der Waals surface area contributed by atoms with E-state index in [0.29, 0.717) is 12.8 Å². The summed E-state index contributed by atoms with van der Waals surface area (Å²) >= 11 is 0. The molecule has 1 aliphatic heterocycles. The van der Waals surface area contributed by atoms with Crippen LogP contribution in [0, 0.1) is 13.8 Å². The first kappa shape index (κ1) is 18.4. The number of carbonyl (C=O) groups is 1. The molecule has 0 unspecified atom stereocenters. The second-order valence-corrected chi connectivity index (χ2v) is 6.80. The maximum atomic E-state index is 12.5. The van der Waals surface area contributed by atoms with Crippen LogP contribution in [0.15, 0.2) is 40.9 Å². The van der Waals surface area contributed by atoms with Gasteiger partial charge in [0.1, 0.15) is 5.76 Å². The lowest BCUT2D eigenvalue weighted by molar-refractivity contribution is -0.132. The third-order valence-electron chi connectivity index (χ3n) is 4.97. The van der Waals surface area contributed by atoms with Crippen molar-refractivity contribution in [3.63, 3.8) is 0 Å².